The van der Waals surface area contributed by atoms with Crippen molar-refractivity contribution >= 4 is 27.3 Å². The number of halogens is 1. The van der Waals surface area contributed by atoms with Gasteiger partial charge in [0.15, 0.2) is 0 Å². The number of thiophene rings is 1. The summed E-state index contributed by atoms with van der Waals surface area (Å²) in [6.07, 6.45) is 1.21. The molecule has 0 radical (unpaired) electrons. The minimum Gasteiger partial charge on any atom is -0.316 e. The third-order valence-electron chi connectivity index (χ3n) is 2.88. The maximum Gasteiger partial charge on any atom is 0.0317 e. The lowest BCUT2D eigenvalue weighted by Gasteiger charge is -2.20. The molecule has 1 rings (SSSR count). The Morgan fingerprint density at radius 3 is 2.67 bits per heavy atom. The van der Waals surface area contributed by atoms with Gasteiger partial charge in [-0.25, -0.2) is 0 Å². The molecule has 1 N–H and O–H groups in total. The predicted octanol–water partition coefficient (Wildman–Crippen LogP) is 4.25. The Balaban J connectivity index is 2.46. The first-order chi connectivity index (χ1) is 7.16. The molecule has 3 heteroatoms. The summed E-state index contributed by atoms with van der Waals surface area (Å²) in [5.74, 6) is 1.30. The SMILES string of the molecule is CCCNCC(C)C(C)c1cscc1Br. The van der Waals surface area contributed by atoms with Gasteiger partial charge in [0.05, 0.1) is 0 Å². The molecule has 0 aliphatic rings. The topological polar surface area (TPSA) is 12.0 Å². The quantitative estimate of drug-likeness (QED) is 0.772. The molecule has 0 aromatic carbocycles. The number of nitrogens with one attached hydrogen (secondary N) is 1. The van der Waals surface area contributed by atoms with Crippen molar-refractivity contribution < 1.29 is 0 Å². The van der Waals surface area contributed by atoms with Crippen LogP contribution in [0.25, 0.3) is 0 Å². The fourth-order valence-corrected chi connectivity index (χ4v) is 3.37. The second-order valence-corrected chi connectivity index (χ2v) is 5.74. The first kappa shape index (κ1) is 13.2. The van der Waals surface area contributed by atoms with Gasteiger partial charge in [0.1, 0.15) is 0 Å². The second kappa shape index (κ2) is 6.66. The van der Waals surface area contributed by atoms with Crippen molar-refractivity contribution in [3.8, 4) is 0 Å². The van der Waals surface area contributed by atoms with E-state index in [0.29, 0.717) is 11.8 Å². The van der Waals surface area contributed by atoms with Gasteiger partial charge in [-0.1, -0.05) is 20.8 Å². The molecule has 0 saturated carbocycles. The van der Waals surface area contributed by atoms with Crippen LogP contribution in [-0.2, 0) is 0 Å². The normalized spacial score (nSPS) is 15.2. The molecule has 0 aliphatic carbocycles. The van der Waals surface area contributed by atoms with E-state index in [0.717, 1.165) is 13.1 Å². The van der Waals surface area contributed by atoms with Gasteiger partial charge in [-0.3, -0.25) is 0 Å². The molecule has 0 spiro atoms. The smallest absolute Gasteiger partial charge is 0.0317 e. The van der Waals surface area contributed by atoms with E-state index in [1.165, 1.54) is 16.5 Å². The zero-order chi connectivity index (χ0) is 11.3. The van der Waals surface area contributed by atoms with Crippen LogP contribution >= 0.6 is 27.3 Å². The highest BCUT2D eigenvalue weighted by atomic mass is 79.9. The van der Waals surface area contributed by atoms with E-state index in [-0.39, 0.29) is 0 Å². The summed E-state index contributed by atoms with van der Waals surface area (Å²) in [6.45, 7) is 9.07. The molecular weight excluding hydrogens is 270 g/mol. The largest absolute Gasteiger partial charge is 0.316 e. The highest BCUT2D eigenvalue weighted by Crippen LogP contribution is 2.32. The predicted molar refractivity (Wildman–Crippen MR) is 72.8 cm³/mol. The molecule has 2 atom stereocenters. The highest BCUT2D eigenvalue weighted by molar-refractivity contribution is 9.10. The van der Waals surface area contributed by atoms with Crippen molar-refractivity contribution in [2.75, 3.05) is 13.1 Å². The van der Waals surface area contributed by atoms with Crippen molar-refractivity contribution in [3.63, 3.8) is 0 Å². The van der Waals surface area contributed by atoms with Gasteiger partial charge in [-0.15, -0.1) is 0 Å². The van der Waals surface area contributed by atoms with E-state index in [2.05, 4.69) is 52.8 Å². The lowest BCUT2D eigenvalue weighted by molar-refractivity contribution is 0.448. The Hall–Kier alpha value is 0.140. The van der Waals surface area contributed by atoms with Crippen LogP contribution in [0.5, 0.6) is 0 Å². The van der Waals surface area contributed by atoms with Gasteiger partial charge in [0.2, 0.25) is 0 Å². The molecule has 0 amide bonds. The summed E-state index contributed by atoms with van der Waals surface area (Å²) >= 11 is 5.38. The van der Waals surface area contributed by atoms with E-state index < -0.39 is 0 Å². The Kier molecular flexibility index (Phi) is 5.87. The lowest BCUT2D eigenvalue weighted by Crippen LogP contribution is -2.24. The van der Waals surface area contributed by atoms with Crippen LogP contribution in [0, 0.1) is 5.92 Å². The van der Waals surface area contributed by atoms with Crippen LogP contribution in [0.4, 0.5) is 0 Å². The Morgan fingerprint density at radius 1 is 1.40 bits per heavy atom. The number of rotatable bonds is 6. The average Bonchev–Trinajstić information content (AvgIpc) is 2.63. The first-order valence-electron chi connectivity index (χ1n) is 5.59. The second-order valence-electron chi connectivity index (χ2n) is 4.15. The molecule has 1 heterocycles. The molecule has 1 nitrogen and oxygen atoms in total. The molecule has 0 bridgehead atoms. The van der Waals surface area contributed by atoms with Crippen LogP contribution in [0.3, 0.4) is 0 Å². The van der Waals surface area contributed by atoms with Crippen molar-refractivity contribution in [1.82, 2.24) is 5.32 Å². The van der Waals surface area contributed by atoms with Crippen molar-refractivity contribution in [2.45, 2.75) is 33.1 Å². The van der Waals surface area contributed by atoms with E-state index in [1.807, 2.05) is 0 Å². The number of hydrogen-bond donors (Lipinski definition) is 1. The fraction of sp³-hybridized carbons (Fsp3) is 0.667. The van der Waals surface area contributed by atoms with Gasteiger partial charge < -0.3 is 5.32 Å². The maximum absolute atomic E-state index is 3.61. The molecule has 2 unspecified atom stereocenters. The summed E-state index contributed by atoms with van der Waals surface area (Å²) in [5, 5.41) is 7.90. The molecule has 15 heavy (non-hydrogen) atoms. The van der Waals surface area contributed by atoms with Gasteiger partial charge in [-0.05, 0) is 58.2 Å². The van der Waals surface area contributed by atoms with Crippen molar-refractivity contribution in [1.29, 1.82) is 0 Å². The minimum atomic E-state index is 0.620. The van der Waals surface area contributed by atoms with Crippen LogP contribution < -0.4 is 5.32 Å². The van der Waals surface area contributed by atoms with Crippen LogP contribution in [0.15, 0.2) is 15.2 Å². The minimum absolute atomic E-state index is 0.620. The van der Waals surface area contributed by atoms with Gasteiger partial charge in [0.25, 0.3) is 0 Å². The molecule has 1 aromatic rings. The molecule has 0 saturated heterocycles. The molecule has 0 aliphatic heterocycles. The van der Waals surface area contributed by atoms with E-state index in [9.17, 15) is 0 Å². The van der Waals surface area contributed by atoms with Gasteiger partial charge in [-0.2, -0.15) is 11.3 Å². The Bertz CT molecular complexity index is 285. The third-order valence-corrected chi connectivity index (χ3v) is 4.63. The van der Waals surface area contributed by atoms with Crippen LogP contribution in [-0.4, -0.2) is 13.1 Å². The summed E-state index contributed by atoms with van der Waals surface area (Å²) < 4.78 is 1.27. The van der Waals surface area contributed by atoms with Crippen molar-refractivity contribution in [3.05, 3.63) is 20.8 Å². The molecular formula is C12H20BrNS. The average molecular weight is 290 g/mol. The summed E-state index contributed by atoms with van der Waals surface area (Å²) in [5.41, 5.74) is 1.45. The maximum atomic E-state index is 3.61. The molecule has 1 aromatic heterocycles. The Morgan fingerprint density at radius 2 is 2.13 bits per heavy atom. The monoisotopic (exact) mass is 289 g/mol. The number of hydrogen-bond acceptors (Lipinski definition) is 2. The summed E-state index contributed by atoms with van der Waals surface area (Å²) in [6, 6.07) is 0. The molecule has 86 valence electrons. The van der Waals surface area contributed by atoms with Crippen LogP contribution in [0.1, 0.15) is 38.7 Å². The van der Waals surface area contributed by atoms with Crippen LogP contribution in [0.2, 0.25) is 0 Å². The highest BCUT2D eigenvalue weighted by Gasteiger charge is 2.16. The van der Waals surface area contributed by atoms with Crippen molar-refractivity contribution in [2.24, 2.45) is 5.92 Å². The third kappa shape index (κ3) is 3.89. The van der Waals surface area contributed by atoms with E-state index in [4.69, 9.17) is 0 Å². The van der Waals surface area contributed by atoms with Gasteiger partial charge >= 0.3 is 0 Å². The zero-order valence-electron chi connectivity index (χ0n) is 9.72. The summed E-state index contributed by atoms with van der Waals surface area (Å²) in [4.78, 5) is 0. The summed E-state index contributed by atoms with van der Waals surface area (Å²) in [7, 11) is 0. The van der Waals surface area contributed by atoms with E-state index >= 15 is 0 Å². The fourth-order valence-electron chi connectivity index (χ4n) is 1.61. The standard InChI is InChI=1S/C12H20BrNS/c1-4-5-14-6-9(2)10(3)11-7-15-8-12(11)13/h7-10,14H,4-6H2,1-3H3. The Labute approximate surface area is 105 Å². The first-order valence-corrected chi connectivity index (χ1v) is 7.32. The molecule has 0 fully saturated rings. The van der Waals surface area contributed by atoms with E-state index in [1.54, 1.807) is 11.3 Å². The lowest BCUT2D eigenvalue weighted by atomic mass is 9.91. The van der Waals surface area contributed by atoms with Gasteiger partial charge in [0, 0.05) is 9.85 Å². The zero-order valence-corrected chi connectivity index (χ0v) is 12.1.